The maximum Gasteiger partial charge on any atom is 0.309 e. The number of hydrogen-bond donors (Lipinski definition) is 2. The summed E-state index contributed by atoms with van der Waals surface area (Å²) in [6, 6.07) is 0. The van der Waals surface area contributed by atoms with Gasteiger partial charge in [0.1, 0.15) is 6.10 Å². The molecule has 0 bridgehead atoms. The minimum Gasteiger partial charge on any atom is -0.481 e. The fourth-order valence-corrected chi connectivity index (χ4v) is 10.4. The average Bonchev–Trinajstić information content (AvgIpc) is 2.86. The summed E-state index contributed by atoms with van der Waals surface area (Å²) in [6.07, 6.45) is 11.0. The molecule has 0 unspecified atom stereocenters. The Bertz CT molecular complexity index is 1250. The standard InChI is InChI=1S/C34H48O7/c1-29(2)23-10-13-34(7)27(32(23,5)12-11-24(29)41-26(38)9-8-25(36)37)22(35)18-20-21-19-31(4,28(39)40)15-14-30(21,3)16-17-33(20,34)6/h16-18,21,23-24,27H,8-15,19H2,1-7H3,(H,36,37)(H,39,40)/t21-,23-,24-,27+,30+,31-,32-,33+,34+/m0/s1. The van der Waals surface area contributed by atoms with Crippen LogP contribution in [0.5, 0.6) is 0 Å². The molecule has 0 aromatic rings. The van der Waals surface area contributed by atoms with Gasteiger partial charge in [0, 0.05) is 16.7 Å². The van der Waals surface area contributed by atoms with Crippen LogP contribution >= 0.6 is 0 Å². The molecule has 5 aliphatic carbocycles. The average molecular weight is 569 g/mol. The number of ketones is 1. The molecule has 0 heterocycles. The van der Waals surface area contributed by atoms with E-state index in [9.17, 15) is 24.3 Å². The molecule has 9 atom stereocenters. The maximum atomic E-state index is 14.4. The summed E-state index contributed by atoms with van der Waals surface area (Å²) in [5, 5.41) is 19.1. The number of carbonyl (C=O) groups is 4. The molecule has 0 spiro atoms. The Morgan fingerprint density at radius 1 is 0.902 bits per heavy atom. The number of aliphatic carboxylic acids is 2. The minimum absolute atomic E-state index is 0.0111. The molecule has 3 fully saturated rings. The van der Waals surface area contributed by atoms with Gasteiger partial charge < -0.3 is 14.9 Å². The van der Waals surface area contributed by atoms with Crippen LogP contribution in [0.15, 0.2) is 23.8 Å². The van der Waals surface area contributed by atoms with E-state index in [1.54, 1.807) is 0 Å². The smallest absolute Gasteiger partial charge is 0.309 e. The van der Waals surface area contributed by atoms with Crippen molar-refractivity contribution in [2.24, 2.45) is 50.2 Å². The molecule has 7 heteroatoms. The van der Waals surface area contributed by atoms with Gasteiger partial charge in [-0.05, 0) is 86.0 Å². The summed E-state index contributed by atoms with van der Waals surface area (Å²) in [6.45, 7) is 15.2. The van der Waals surface area contributed by atoms with E-state index in [-0.39, 0.29) is 69.6 Å². The lowest BCUT2D eigenvalue weighted by Gasteiger charge is -2.69. The van der Waals surface area contributed by atoms with Crippen molar-refractivity contribution in [1.82, 2.24) is 0 Å². The summed E-state index contributed by atoms with van der Waals surface area (Å²) in [7, 11) is 0. The Kier molecular flexibility index (Phi) is 6.80. The van der Waals surface area contributed by atoms with Crippen LogP contribution in [-0.2, 0) is 23.9 Å². The Labute approximate surface area is 244 Å². The first-order valence-corrected chi connectivity index (χ1v) is 15.5. The van der Waals surface area contributed by atoms with Gasteiger partial charge in [0.15, 0.2) is 5.78 Å². The predicted molar refractivity (Wildman–Crippen MR) is 154 cm³/mol. The van der Waals surface area contributed by atoms with Gasteiger partial charge in [-0.2, -0.15) is 0 Å². The monoisotopic (exact) mass is 568 g/mol. The van der Waals surface area contributed by atoms with Crippen molar-refractivity contribution in [2.45, 2.75) is 112 Å². The van der Waals surface area contributed by atoms with Crippen molar-refractivity contribution in [3.05, 3.63) is 23.8 Å². The summed E-state index contributed by atoms with van der Waals surface area (Å²) < 4.78 is 5.90. The Hall–Kier alpha value is -2.44. The fraction of sp³-hybridized carbons (Fsp3) is 0.765. The molecule has 2 N–H and O–H groups in total. The van der Waals surface area contributed by atoms with Gasteiger partial charge in [0.2, 0.25) is 0 Å². The molecule has 0 radical (unpaired) electrons. The third-order valence-corrected chi connectivity index (χ3v) is 13.3. The molecule has 0 saturated heterocycles. The molecule has 226 valence electrons. The highest BCUT2D eigenvalue weighted by Crippen LogP contribution is 2.73. The van der Waals surface area contributed by atoms with Crippen molar-refractivity contribution in [1.29, 1.82) is 0 Å². The second-order valence-electron chi connectivity index (χ2n) is 15.8. The summed E-state index contributed by atoms with van der Waals surface area (Å²) in [5.41, 5.74) is -1.17. The highest BCUT2D eigenvalue weighted by molar-refractivity contribution is 5.96. The highest BCUT2D eigenvalue weighted by atomic mass is 16.5. The molecule has 5 rings (SSSR count). The van der Waals surface area contributed by atoms with E-state index in [4.69, 9.17) is 9.84 Å². The molecular weight excluding hydrogens is 520 g/mol. The van der Waals surface area contributed by atoms with Crippen LogP contribution in [-0.4, -0.2) is 40.0 Å². The summed E-state index contributed by atoms with van der Waals surface area (Å²) in [4.78, 5) is 50.2. The van der Waals surface area contributed by atoms with Crippen LogP contribution in [0.1, 0.15) is 106 Å². The number of fused-ring (bicyclic) bond motifs is 7. The van der Waals surface area contributed by atoms with E-state index >= 15 is 0 Å². The molecule has 0 aromatic carbocycles. The maximum absolute atomic E-state index is 14.4. The normalized spacial score (nSPS) is 46.2. The van der Waals surface area contributed by atoms with Gasteiger partial charge in [0.25, 0.3) is 0 Å². The Morgan fingerprint density at radius 3 is 2.22 bits per heavy atom. The van der Waals surface area contributed by atoms with E-state index in [1.807, 2.05) is 13.0 Å². The second-order valence-corrected chi connectivity index (χ2v) is 15.8. The molecule has 41 heavy (non-hydrogen) atoms. The SMILES string of the molecule is CC1(C)[C@@H](OC(=O)CCC(=O)O)CC[C@]2(C)[C@H]3C(=O)C=C4[C@@H]5C[C@@](C)(C(=O)O)CC[C@]5(C)C=C[C@@]4(C)[C@]3(C)CC[C@@H]12. The third-order valence-electron chi connectivity index (χ3n) is 13.3. The number of allylic oxidation sites excluding steroid dienone is 4. The lowest BCUT2D eigenvalue weighted by Crippen LogP contribution is -2.66. The molecule has 7 nitrogen and oxygen atoms in total. The number of esters is 1. The van der Waals surface area contributed by atoms with Crippen LogP contribution in [0.2, 0.25) is 0 Å². The van der Waals surface area contributed by atoms with E-state index in [1.165, 1.54) is 0 Å². The quantitative estimate of drug-likeness (QED) is 0.283. The van der Waals surface area contributed by atoms with Crippen LogP contribution in [0, 0.1) is 50.2 Å². The summed E-state index contributed by atoms with van der Waals surface area (Å²) >= 11 is 0. The van der Waals surface area contributed by atoms with E-state index in [0.29, 0.717) is 19.3 Å². The molecule has 0 amide bonds. The van der Waals surface area contributed by atoms with E-state index in [2.05, 4.69) is 53.7 Å². The zero-order valence-corrected chi connectivity index (χ0v) is 25.8. The second kappa shape index (κ2) is 9.28. The van der Waals surface area contributed by atoms with Gasteiger partial charge in [0.05, 0.1) is 18.3 Å². The lowest BCUT2D eigenvalue weighted by molar-refractivity contribution is -0.204. The number of carboxylic acids is 2. The number of ether oxygens (including phenoxy) is 1. The molecule has 3 saturated carbocycles. The molecule has 0 aromatic heterocycles. The van der Waals surface area contributed by atoms with Gasteiger partial charge in [-0.25, -0.2) is 0 Å². The lowest BCUT2D eigenvalue weighted by atomic mass is 9.34. The van der Waals surface area contributed by atoms with Gasteiger partial charge in [-0.1, -0.05) is 59.3 Å². The van der Waals surface area contributed by atoms with Crippen LogP contribution < -0.4 is 0 Å². The zero-order valence-electron chi connectivity index (χ0n) is 25.8. The first kappa shape index (κ1) is 30.0. The summed E-state index contributed by atoms with van der Waals surface area (Å²) in [5.74, 6) is -2.10. The predicted octanol–water partition coefficient (Wildman–Crippen LogP) is 6.60. The molecule has 5 aliphatic rings. The van der Waals surface area contributed by atoms with Gasteiger partial charge >= 0.3 is 17.9 Å². The van der Waals surface area contributed by atoms with Crippen molar-refractivity contribution >= 4 is 23.7 Å². The van der Waals surface area contributed by atoms with Crippen molar-refractivity contribution in [3.8, 4) is 0 Å². The Balaban J connectivity index is 1.50. The Morgan fingerprint density at radius 2 is 1.59 bits per heavy atom. The third kappa shape index (κ3) is 4.18. The first-order valence-electron chi connectivity index (χ1n) is 15.5. The number of rotatable bonds is 5. The van der Waals surface area contributed by atoms with Gasteiger partial charge in [-0.15, -0.1) is 0 Å². The fourth-order valence-electron chi connectivity index (χ4n) is 10.4. The van der Waals surface area contributed by atoms with Crippen molar-refractivity contribution in [3.63, 3.8) is 0 Å². The van der Waals surface area contributed by atoms with Crippen molar-refractivity contribution < 1.29 is 34.1 Å². The topological polar surface area (TPSA) is 118 Å². The first-order chi connectivity index (χ1) is 18.8. The zero-order chi connectivity index (χ0) is 30.4. The molecular formula is C34H48O7. The van der Waals surface area contributed by atoms with E-state index in [0.717, 1.165) is 31.3 Å². The van der Waals surface area contributed by atoms with Crippen LogP contribution in [0.3, 0.4) is 0 Å². The number of carbonyl (C=O) groups excluding carboxylic acids is 2. The van der Waals surface area contributed by atoms with Crippen LogP contribution in [0.25, 0.3) is 0 Å². The molecule has 0 aliphatic heterocycles. The number of carboxylic acid groups (broad SMARTS) is 2. The number of hydrogen-bond acceptors (Lipinski definition) is 5. The van der Waals surface area contributed by atoms with Crippen LogP contribution in [0.4, 0.5) is 0 Å². The van der Waals surface area contributed by atoms with E-state index < -0.39 is 23.3 Å². The van der Waals surface area contributed by atoms with Gasteiger partial charge in [-0.3, -0.25) is 19.2 Å². The van der Waals surface area contributed by atoms with Crippen molar-refractivity contribution in [2.75, 3.05) is 0 Å². The largest absolute Gasteiger partial charge is 0.481 e. The highest BCUT2D eigenvalue weighted by Gasteiger charge is 2.69. The minimum atomic E-state index is -1.02.